The van der Waals surface area contributed by atoms with Crippen LogP contribution in [0.5, 0.6) is 5.75 Å². The molecule has 0 radical (unpaired) electrons. The molecule has 0 aliphatic heterocycles. The van der Waals surface area contributed by atoms with Gasteiger partial charge in [0.05, 0.1) is 13.2 Å². The van der Waals surface area contributed by atoms with Crippen LogP contribution in [0, 0.1) is 0 Å². The number of nitrogens with zero attached hydrogens (tertiary/aromatic N) is 1. The molecule has 2 amide bonds. The van der Waals surface area contributed by atoms with Crippen molar-refractivity contribution in [1.82, 2.24) is 5.32 Å². The van der Waals surface area contributed by atoms with Gasteiger partial charge in [0.25, 0.3) is 0 Å². The molecule has 0 atom stereocenters. The summed E-state index contributed by atoms with van der Waals surface area (Å²) in [7, 11) is 1.78. The Morgan fingerprint density at radius 3 is 2.58 bits per heavy atom. The second-order valence-electron chi connectivity index (χ2n) is 9.10. The van der Waals surface area contributed by atoms with Gasteiger partial charge in [-0.25, -0.2) is 9.59 Å². The van der Waals surface area contributed by atoms with Crippen molar-refractivity contribution < 1.29 is 24.2 Å². The highest BCUT2D eigenvalue weighted by Crippen LogP contribution is 2.34. The maximum Gasteiger partial charge on any atom is 0.371 e. The van der Waals surface area contributed by atoms with Gasteiger partial charge in [0.1, 0.15) is 5.75 Å². The predicted molar refractivity (Wildman–Crippen MR) is 143 cm³/mol. The molecule has 0 saturated heterocycles. The number of carboxylic acids is 1. The van der Waals surface area contributed by atoms with E-state index in [4.69, 9.17) is 9.47 Å². The Morgan fingerprint density at radius 1 is 1.11 bits per heavy atom. The molecule has 194 valence electrons. The number of nitrogens with one attached hydrogen (secondary N) is 1. The topological polar surface area (TPSA) is 88.1 Å². The summed E-state index contributed by atoms with van der Waals surface area (Å²) in [6.45, 7) is 4.67. The third-order valence-electron chi connectivity index (χ3n) is 6.35. The first-order valence-electron chi connectivity index (χ1n) is 12.9. The lowest BCUT2D eigenvalue weighted by molar-refractivity contribution is -0.136. The number of carboxylic acid groups (broad SMARTS) is 1. The number of carbonyl (C=O) groups is 2. The van der Waals surface area contributed by atoms with Crippen LogP contribution >= 0.6 is 0 Å². The van der Waals surface area contributed by atoms with Gasteiger partial charge < -0.3 is 19.9 Å². The Kier molecular flexibility index (Phi) is 10.2. The van der Waals surface area contributed by atoms with Crippen molar-refractivity contribution in [2.24, 2.45) is 0 Å². The van der Waals surface area contributed by atoms with Gasteiger partial charge in [-0.2, -0.15) is 0 Å². The van der Waals surface area contributed by atoms with E-state index < -0.39 is 5.97 Å². The number of rotatable bonds is 11. The van der Waals surface area contributed by atoms with Gasteiger partial charge in [-0.05, 0) is 61.6 Å². The zero-order chi connectivity index (χ0) is 25.9. The van der Waals surface area contributed by atoms with Crippen molar-refractivity contribution in [3.05, 3.63) is 53.8 Å². The minimum atomic E-state index is -1.11. The number of benzene rings is 2. The molecule has 0 aromatic heterocycles. The van der Waals surface area contributed by atoms with Gasteiger partial charge in [0.2, 0.25) is 5.76 Å². The van der Waals surface area contributed by atoms with E-state index in [1.54, 1.807) is 18.9 Å². The molecule has 36 heavy (non-hydrogen) atoms. The number of unbranched alkanes of at least 4 members (excludes halogenated alkanes) is 1. The van der Waals surface area contributed by atoms with Crippen LogP contribution in [0.25, 0.3) is 17.2 Å². The molecule has 2 aromatic carbocycles. The van der Waals surface area contributed by atoms with E-state index in [-0.39, 0.29) is 24.4 Å². The number of carbonyl (C=O) groups excluding carboxylic acids is 1. The van der Waals surface area contributed by atoms with Gasteiger partial charge in [0.15, 0.2) is 0 Å². The number of aliphatic carboxylic acids is 1. The van der Waals surface area contributed by atoms with Gasteiger partial charge >= 0.3 is 12.0 Å². The average molecular weight is 495 g/mol. The summed E-state index contributed by atoms with van der Waals surface area (Å²) in [4.78, 5) is 26.0. The third kappa shape index (κ3) is 7.51. The molecule has 0 unspecified atom stereocenters. The lowest BCUT2D eigenvalue weighted by atomic mass is 9.96. The molecule has 1 aliphatic carbocycles. The number of ether oxygens (including phenoxy) is 2. The van der Waals surface area contributed by atoms with E-state index >= 15 is 0 Å². The number of hydrogen-bond acceptors (Lipinski definition) is 4. The second-order valence-corrected chi connectivity index (χ2v) is 9.10. The van der Waals surface area contributed by atoms with Crippen LogP contribution in [0.2, 0.25) is 0 Å². The standard InChI is InChI=1S/C29H38N2O5/c1-4-6-17-36-26-18-21(19-27(28(32)33)35-5-2)15-16-25(26)22-11-10-14-24(20-22)31(3)29(34)30-23-12-8-7-9-13-23/h10-11,14-16,18-20,23H,4-9,12-13,17H2,1-3H3,(H,30,34)(H,32,33). The van der Waals surface area contributed by atoms with Crippen molar-refractivity contribution in [3.8, 4) is 16.9 Å². The number of hydrogen-bond donors (Lipinski definition) is 2. The Hall–Kier alpha value is -3.48. The Bertz CT molecular complexity index is 1060. The van der Waals surface area contributed by atoms with Crippen LogP contribution in [0.15, 0.2) is 48.2 Å². The van der Waals surface area contributed by atoms with E-state index in [0.29, 0.717) is 17.9 Å². The third-order valence-corrected chi connectivity index (χ3v) is 6.35. The summed E-state index contributed by atoms with van der Waals surface area (Å²) in [6.07, 6.45) is 9.04. The fraction of sp³-hybridized carbons (Fsp3) is 0.448. The Balaban J connectivity index is 1.88. The van der Waals surface area contributed by atoms with Gasteiger partial charge in [-0.3, -0.25) is 4.90 Å². The van der Waals surface area contributed by atoms with Gasteiger partial charge in [-0.15, -0.1) is 0 Å². The van der Waals surface area contributed by atoms with Crippen LogP contribution in [-0.2, 0) is 9.53 Å². The molecule has 1 saturated carbocycles. The molecule has 7 nitrogen and oxygen atoms in total. The molecule has 0 spiro atoms. The maximum absolute atomic E-state index is 12.9. The average Bonchev–Trinajstić information content (AvgIpc) is 2.89. The van der Waals surface area contributed by atoms with Crippen LogP contribution in [0.1, 0.15) is 64.4 Å². The number of urea groups is 1. The van der Waals surface area contributed by atoms with Crippen molar-refractivity contribution in [1.29, 1.82) is 0 Å². The Morgan fingerprint density at radius 2 is 1.89 bits per heavy atom. The van der Waals surface area contributed by atoms with Gasteiger partial charge in [-0.1, -0.05) is 56.9 Å². The summed E-state index contributed by atoms with van der Waals surface area (Å²) < 4.78 is 11.4. The summed E-state index contributed by atoms with van der Waals surface area (Å²) in [6, 6.07) is 13.5. The zero-order valence-corrected chi connectivity index (χ0v) is 21.6. The summed E-state index contributed by atoms with van der Waals surface area (Å²) in [5.74, 6) is -0.570. The molecular weight excluding hydrogens is 456 g/mol. The SMILES string of the molecule is CCCCOc1cc(C=C(OCC)C(=O)O)ccc1-c1cccc(N(C)C(=O)NC2CCCCC2)c1. The minimum Gasteiger partial charge on any atom is -0.493 e. The van der Waals surface area contributed by atoms with E-state index in [1.807, 2.05) is 42.5 Å². The highest BCUT2D eigenvalue weighted by atomic mass is 16.5. The van der Waals surface area contributed by atoms with Crippen molar-refractivity contribution in [3.63, 3.8) is 0 Å². The molecule has 0 bridgehead atoms. The first kappa shape index (κ1) is 27.1. The fourth-order valence-electron chi connectivity index (χ4n) is 4.30. The minimum absolute atomic E-state index is 0.101. The van der Waals surface area contributed by atoms with E-state index in [1.165, 1.54) is 12.5 Å². The molecule has 7 heteroatoms. The van der Waals surface area contributed by atoms with Crippen LogP contribution in [-0.4, -0.2) is 43.4 Å². The van der Waals surface area contributed by atoms with Crippen LogP contribution in [0.3, 0.4) is 0 Å². The number of amides is 2. The van der Waals surface area contributed by atoms with E-state index in [9.17, 15) is 14.7 Å². The molecule has 2 N–H and O–H groups in total. The lowest BCUT2D eigenvalue weighted by Gasteiger charge is -2.26. The first-order chi connectivity index (χ1) is 17.4. The lowest BCUT2D eigenvalue weighted by Crippen LogP contribution is -2.43. The smallest absolute Gasteiger partial charge is 0.371 e. The highest BCUT2D eigenvalue weighted by Gasteiger charge is 2.19. The maximum atomic E-state index is 12.9. The van der Waals surface area contributed by atoms with Gasteiger partial charge in [0, 0.05) is 24.3 Å². The molecule has 0 heterocycles. The predicted octanol–water partition coefficient (Wildman–Crippen LogP) is 6.47. The molecule has 1 fully saturated rings. The van der Waals surface area contributed by atoms with E-state index in [0.717, 1.165) is 55.3 Å². The number of anilines is 1. The van der Waals surface area contributed by atoms with Crippen LogP contribution < -0.4 is 15.0 Å². The molecule has 3 rings (SSSR count). The zero-order valence-electron chi connectivity index (χ0n) is 21.6. The highest BCUT2D eigenvalue weighted by molar-refractivity contribution is 5.93. The normalized spacial score (nSPS) is 14.2. The molecule has 1 aliphatic rings. The molecular formula is C29H38N2O5. The quantitative estimate of drug-likeness (QED) is 0.212. The van der Waals surface area contributed by atoms with Crippen molar-refractivity contribution in [2.75, 3.05) is 25.2 Å². The Labute approximate surface area is 214 Å². The van der Waals surface area contributed by atoms with E-state index in [2.05, 4.69) is 12.2 Å². The summed E-state index contributed by atoms with van der Waals surface area (Å²) in [5, 5.41) is 12.6. The van der Waals surface area contributed by atoms with Crippen LogP contribution in [0.4, 0.5) is 10.5 Å². The summed E-state index contributed by atoms with van der Waals surface area (Å²) in [5.41, 5.74) is 3.25. The second kappa shape index (κ2) is 13.6. The largest absolute Gasteiger partial charge is 0.493 e. The fourth-order valence-corrected chi connectivity index (χ4v) is 4.30. The van der Waals surface area contributed by atoms with Crippen molar-refractivity contribution >= 4 is 23.8 Å². The molecule has 2 aromatic rings. The van der Waals surface area contributed by atoms with Crippen molar-refractivity contribution in [2.45, 2.75) is 64.8 Å². The monoisotopic (exact) mass is 494 g/mol. The first-order valence-corrected chi connectivity index (χ1v) is 12.9. The summed E-state index contributed by atoms with van der Waals surface area (Å²) >= 11 is 0.